The van der Waals surface area contributed by atoms with Crippen molar-refractivity contribution in [2.75, 3.05) is 0 Å². The van der Waals surface area contributed by atoms with Gasteiger partial charge >= 0.3 is 0 Å². The molecule has 0 bridgehead atoms. The van der Waals surface area contributed by atoms with E-state index in [4.69, 9.17) is 4.74 Å². The number of benzene rings is 2. The number of rotatable bonds is 2. The van der Waals surface area contributed by atoms with Crippen molar-refractivity contribution in [2.24, 2.45) is 0 Å². The fourth-order valence-corrected chi connectivity index (χ4v) is 4.46. The molecule has 0 atom stereocenters. The van der Waals surface area contributed by atoms with E-state index in [9.17, 15) is 8.42 Å². The standard InChI is InChI=1S/C17H15N3O3S/c1-12-18-19-17-11-23-10-14-15(20(12)17)8-5-9-16(14)24(21,22)13-6-3-2-4-7-13/h2-9H,10-11H2,1H3. The maximum atomic E-state index is 13.1. The van der Waals surface area contributed by atoms with E-state index in [0.717, 1.165) is 5.69 Å². The van der Waals surface area contributed by atoms with Gasteiger partial charge in [-0.15, -0.1) is 10.2 Å². The molecule has 122 valence electrons. The van der Waals surface area contributed by atoms with Crippen LogP contribution in [0.3, 0.4) is 0 Å². The number of aryl methyl sites for hydroxylation is 1. The van der Waals surface area contributed by atoms with Crippen molar-refractivity contribution in [3.63, 3.8) is 0 Å². The number of sulfone groups is 1. The Balaban J connectivity index is 1.97. The van der Waals surface area contributed by atoms with Gasteiger partial charge in [0.25, 0.3) is 0 Å². The van der Waals surface area contributed by atoms with Crippen molar-refractivity contribution < 1.29 is 13.2 Å². The van der Waals surface area contributed by atoms with Gasteiger partial charge in [0.15, 0.2) is 5.82 Å². The molecule has 1 aromatic heterocycles. The molecule has 0 saturated heterocycles. The lowest BCUT2D eigenvalue weighted by Crippen LogP contribution is -2.09. The molecule has 0 spiro atoms. The Morgan fingerprint density at radius 1 is 1.00 bits per heavy atom. The van der Waals surface area contributed by atoms with Gasteiger partial charge in [0.1, 0.15) is 12.4 Å². The average Bonchev–Trinajstić information content (AvgIpc) is 2.85. The molecule has 0 amide bonds. The zero-order valence-corrected chi connectivity index (χ0v) is 13.8. The van der Waals surface area contributed by atoms with Gasteiger partial charge in [-0.1, -0.05) is 24.3 Å². The van der Waals surface area contributed by atoms with Gasteiger partial charge in [0.2, 0.25) is 9.84 Å². The molecule has 2 heterocycles. The Hall–Kier alpha value is -2.51. The van der Waals surface area contributed by atoms with Crippen molar-refractivity contribution in [1.82, 2.24) is 14.8 Å². The molecule has 6 nitrogen and oxygen atoms in total. The third-order valence-corrected chi connectivity index (χ3v) is 5.92. The first-order valence-electron chi connectivity index (χ1n) is 7.50. The Morgan fingerprint density at radius 2 is 1.79 bits per heavy atom. The van der Waals surface area contributed by atoms with Gasteiger partial charge in [0, 0.05) is 5.56 Å². The van der Waals surface area contributed by atoms with Crippen LogP contribution in [0.15, 0.2) is 58.3 Å². The second-order valence-electron chi connectivity index (χ2n) is 5.56. The summed E-state index contributed by atoms with van der Waals surface area (Å²) in [7, 11) is -3.63. The third kappa shape index (κ3) is 2.24. The summed E-state index contributed by atoms with van der Waals surface area (Å²) in [4.78, 5) is 0.524. The molecule has 0 fully saturated rings. The van der Waals surface area contributed by atoms with Crippen LogP contribution in [-0.2, 0) is 27.8 Å². The molecule has 1 aliphatic rings. The lowest BCUT2D eigenvalue weighted by molar-refractivity contribution is 0.103. The van der Waals surface area contributed by atoms with Gasteiger partial charge in [-0.2, -0.15) is 0 Å². The highest BCUT2D eigenvalue weighted by atomic mass is 32.2. The first-order chi connectivity index (χ1) is 11.6. The Kier molecular flexibility index (Phi) is 3.47. The highest BCUT2D eigenvalue weighted by Gasteiger charge is 2.26. The SMILES string of the molecule is Cc1nnc2n1-c1cccc(S(=O)(=O)c3ccccc3)c1COC2. The molecule has 4 rings (SSSR count). The van der Waals surface area contributed by atoms with Crippen LogP contribution >= 0.6 is 0 Å². The number of ether oxygens (including phenoxy) is 1. The highest BCUT2D eigenvalue weighted by molar-refractivity contribution is 7.91. The largest absolute Gasteiger partial charge is 0.369 e. The molecule has 7 heteroatoms. The van der Waals surface area contributed by atoms with Crippen LogP contribution in [0.1, 0.15) is 17.2 Å². The smallest absolute Gasteiger partial charge is 0.207 e. The first-order valence-corrected chi connectivity index (χ1v) is 8.98. The first kappa shape index (κ1) is 15.0. The maximum absolute atomic E-state index is 13.1. The summed E-state index contributed by atoms with van der Waals surface area (Å²) in [5, 5.41) is 8.18. The predicted molar refractivity (Wildman–Crippen MR) is 86.5 cm³/mol. The van der Waals surface area contributed by atoms with E-state index in [2.05, 4.69) is 10.2 Å². The van der Waals surface area contributed by atoms with Crippen LogP contribution < -0.4 is 0 Å². The van der Waals surface area contributed by atoms with E-state index >= 15 is 0 Å². The van der Waals surface area contributed by atoms with Crippen LogP contribution in [0.2, 0.25) is 0 Å². The summed E-state index contributed by atoms with van der Waals surface area (Å²) in [5.41, 5.74) is 1.38. The van der Waals surface area contributed by atoms with E-state index in [1.165, 1.54) is 0 Å². The van der Waals surface area contributed by atoms with E-state index in [1.54, 1.807) is 42.5 Å². The van der Waals surface area contributed by atoms with Crippen LogP contribution in [0.25, 0.3) is 5.69 Å². The monoisotopic (exact) mass is 341 g/mol. The normalized spacial score (nSPS) is 13.9. The zero-order chi connectivity index (χ0) is 16.7. The van der Waals surface area contributed by atoms with Gasteiger partial charge < -0.3 is 4.74 Å². The van der Waals surface area contributed by atoms with Gasteiger partial charge in [0.05, 0.1) is 22.1 Å². The van der Waals surface area contributed by atoms with Crippen molar-refractivity contribution >= 4 is 9.84 Å². The fourth-order valence-electron chi connectivity index (χ4n) is 2.94. The summed E-state index contributed by atoms with van der Waals surface area (Å²) < 4.78 is 33.6. The third-order valence-electron chi connectivity index (χ3n) is 4.06. The van der Waals surface area contributed by atoms with Crippen LogP contribution in [0, 0.1) is 6.92 Å². The van der Waals surface area contributed by atoms with Crippen molar-refractivity contribution in [3.05, 3.63) is 65.7 Å². The molecule has 2 aromatic carbocycles. The van der Waals surface area contributed by atoms with Crippen molar-refractivity contribution in [2.45, 2.75) is 29.9 Å². The minimum atomic E-state index is -3.63. The average molecular weight is 341 g/mol. The van der Waals surface area contributed by atoms with Gasteiger partial charge in [-0.05, 0) is 31.2 Å². The molecule has 1 aliphatic heterocycles. The summed E-state index contributed by atoms with van der Waals surface area (Å²) >= 11 is 0. The van der Waals surface area contributed by atoms with Crippen LogP contribution in [0.4, 0.5) is 0 Å². The Labute approximate surface area is 139 Å². The van der Waals surface area contributed by atoms with Crippen molar-refractivity contribution in [1.29, 1.82) is 0 Å². The minimum absolute atomic E-state index is 0.209. The molecule has 0 saturated carbocycles. The predicted octanol–water partition coefficient (Wildman–Crippen LogP) is 2.44. The molecular formula is C17H15N3O3S. The molecular weight excluding hydrogens is 326 g/mol. The molecule has 24 heavy (non-hydrogen) atoms. The second kappa shape index (κ2) is 5.54. The Bertz CT molecular complexity index is 1010. The van der Waals surface area contributed by atoms with Crippen LogP contribution in [-0.4, -0.2) is 23.2 Å². The zero-order valence-electron chi connectivity index (χ0n) is 13.0. The van der Waals surface area contributed by atoms with E-state index < -0.39 is 9.84 Å². The summed E-state index contributed by atoms with van der Waals surface area (Å²) in [6, 6.07) is 13.6. The number of aromatic nitrogens is 3. The summed E-state index contributed by atoms with van der Waals surface area (Å²) in [6.07, 6.45) is 0. The number of nitrogens with zero attached hydrogens (tertiary/aromatic N) is 3. The number of hydrogen-bond acceptors (Lipinski definition) is 5. The summed E-state index contributed by atoms with van der Waals surface area (Å²) in [5.74, 6) is 1.37. The number of hydrogen-bond donors (Lipinski definition) is 0. The lowest BCUT2D eigenvalue weighted by atomic mass is 10.2. The molecule has 3 aromatic rings. The minimum Gasteiger partial charge on any atom is -0.369 e. The highest BCUT2D eigenvalue weighted by Crippen LogP contribution is 2.31. The second-order valence-corrected chi connectivity index (χ2v) is 7.48. The van der Waals surface area contributed by atoms with E-state index in [1.807, 2.05) is 17.6 Å². The quantitative estimate of drug-likeness (QED) is 0.716. The van der Waals surface area contributed by atoms with Gasteiger partial charge in [-0.25, -0.2) is 8.42 Å². The summed E-state index contributed by atoms with van der Waals surface area (Å²) in [6.45, 7) is 2.34. The van der Waals surface area contributed by atoms with Gasteiger partial charge in [-0.3, -0.25) is 4.57 Å². The fraction of sp³-hybridized carbons (Fsp3) is 0.176. The molecule has 0 radical (unpaired) electrons. The molecule has 0 aliphatic carbocycles. The molecule has 0 unspecified atom stereocenters. The van der Waals surface area contributed by atoms with Crippen LogP contribution in [0.5, 0.6) is 0 Å². The van der Waals surface area contributed by atoms with E-state index in [-0.39, 0.29) is 16.4 Å². The lowest BCUT2D eigenvalue weighted by Gasteiger charge is -2.14. The molecule has 0 N–H and O–H groups in total. The van der Waals surface area contributed by atoms with E-state index in [0.29, 0.717) is 23.8 Å². The topological polar surface area (TPSA) is 74.1 Å². The van der Waals surface area contributed by atoms with Crippen molar-refractivity contribution in [3.8, 4) is 5.69 Å². The Morgan fingerprint density at radius 3 is 2.58 bits per heavy atom. The maximum Gasteiger partial charge on any atom is 0.207 e. The number of fused-ring (bicyclic) bond motifs is 3.